The molecule has 0 unspecified atom stereocenters. The molecule has 2 aliphatic carbocycles. The van der Waals surface area contributed by atoms with Gasteiger partial charge in [-0.25, -0.2) is 4.79 Å². The van der Waals surface area contributed by atoms with E-state index in [1.165, 1.54) is 0 Å². The summed E-state index contributed by atoms with van der Waals surface area (Å²) < 4.78 is 27.8. The van der Waals surface area contributed by atoms with E-state index >= 15 is 0 Å². The van der Waals surface area contributed by atoms with Crippen molar-refractivity contribution in [1.29, 1.82) is 0 Å². The van der Waals surface area contributed by atoms with Gasteiger partial charge < -0.3 is 38.6 Å². The van der Waals surface area contributed by atoms with Crippen molar-refractivity contribution in [1.82, 2.24) is 20.3 Å². The molecule has 236 valence electrons. The zero-order valence-electron chi connectivity index (χ0n) is 25.9. The highest BCUT2D eigenvalue weighted by atomic mass is 16.6. The van der Waals surface area contributed by atoms with Crippen LogP contribution in [0.25, 0.3) is 0 Å². The van der Waals surface area contributed by atoms with E-state index in [1.54, 1.807) is 32.4 Å². The topological polar surface area (TPSA) is 116 Å². The summed E-state index contributed by atoms with van der Waals surface area (Å²) in [7, 11) is 3.25. The predicted molar refractivity (Wildman–Crippen MR) is 160 cm³/mol. The van der Waals surface area contributed by atoms with Crippen LogP contribution in [-0.4, -0.2) is 92.7 Å². The Bertz CT molecular complexity index is 1240. The maximum atomic E-state index is 13.8. The maximum Gasteiger partial charge on any atom is 0.416 e. The van der Waals surface area contributed by atoms with Gasteiger partial charge in [0.25, 0.3) is 11.8 Å². The molecule has 2 heterocycles. The van der Waals surface area contributed by atoms with Gasteiger partial charge in [-0.2, -0.15) is 0 Å². The van der Waals surface area contributed by atoms with Crippen molar-refractivity contribution >= 4 is 12.0 Å². The van der Waals surface area contributed by atoms with Gasteiger partial charge in [-0.05, 0) is 81.1 Å². The Hall–Kier alpha value is -3.31. The van der Waals surface area contributed by atoms with Gasteiger partial charge in [0, 0.05) is 70.4 Å². The van der Waals surface area contributed by atoms with Crippen LogP contribution in [0.3, 0.4) is 0 Å². The minimum Gasteiger partial charge on any atom is -0.493 e. The van der Waals surface area contributed by atoms with Crippen LogP contribution in [0.1, 0.15) is 67.6 Å². The molecule has 0 radical (unpaired) electrons. The number of hydrogen-bond acceptors (Lipinski definition) is 9. The molecule has 0 spiro atoms. The number of amides is 2. The number of carbonyl (C=O) groups excluding carboxylic acids is 2. The fourth-order valence-corrected chi connectivity index (χ4v) is 6.06. The first-order chi connectivity index (χ1) is 20.9. The standard InChI is InChI=1S/C32H46N4O7/c1-21(2)35(31(37)22-10-13-28(40-4)29(16-22)41-15-7-14-39-3)19-23-17-33-18-24(23)20-36(25-11-12-25)32(38)42-30-26-8-5-6-9-27(26)43-34-30/h10,13,16,21,23-25,33H,5-9,11-12,14-15,17-20H2,1-4H3/t23-,24-/m0/s1. The van der Waals surface area contributed by atoms with E-state index in [1.807, 2.05) is 23.6 Å². The highest BCUT2D eigenvalue weighted by Gasteiger charge is 2.40. The van der Waals surface area contributed by atoms with E-state index < -0.39 is 0 Å². The number of aromatic nitrogens is 1. The summed E-state index contributed by atoms with van der Waals surface area (Å²) in [5.74, 6) is 2.60. The summed E-state index contributed by atoms with van der Waals surface area (Å²) in [6, 6.07) is 5.51. The summed E-state index contributed by atoms with van der Waals surface area (Å²) in [5, 5.41) is 7.57. The second-order valence-corrected chi connectivity index (χ2v) is 12.1. The molecule has 5 rings (SSSR count). The largest absolute Gasteiger partial charge is 0.493 e. The highest BCUT2D eigenvalue weighted by Crippen LogP contribution is 2.34. The summed E-state index contributed by atoms with van der Waals surface area (Å²) >= 11 is 0. The van der Waals surface area contributed by atoms with E-state index in [2.05, 4.69) is 10.5 Å². The summed E-state index contributed by atoms with van der Waals surface area (Å²) in [6.45, 7) is 7.84. The quantitative estimate of drug-likeness (QED) is 0.317. The Morgan fingerprint density at radius 2 is 1.81 bits per heavy atom. The third kappa shape index (κ3) is 7.62. The van der Waals surface area contributed by atoms with Crippen LogP contribution >= 0.6 is 0 Å². The normalized spacial score (nSPS) is 19.7. The zero-order chi connectivity index (χ0) is 30.3. The fraction of sp³-hybridized carbons (Fsp3) is 0.656. The van der Waals surface area contributed by atoms with Crippen LogP contribution < -0.4 is 19.5 Å². The lowest BCUT2D eigenvalue weighted by Gasteiger charge is -2.33. The molecule has 0 bridgehead atoms. The number of benzene rings is 1. The molecular weight excluding hydrogens is 552 g/mol. The molecule has 2 fully saturated rings. The first kappa shape index (κ1) is 31.1. The molecule has 43 heavy (non-hydrogen) atoms. The molecule has 11 heteroatoms. The first-order valence-corrected chi connectivity index (χ1v) is 15.7. The van der Waals surface area contributed by atoms with E-state index in [4.69, 9.17) is 23.5 Å². The van der Waals surface area contributed by atoms with Crippen LogP contribution in [0, 0.1) is 11.8 Å². The van der Waals surface area contributed by atoms with Gasteiger partial charge in [0.05, 0.1) is 19.3 Å². The highest BCUT2D eigenvalue weighted by molar-refractivity contribution is 5.95. The number of carbonyl (C=O) groups is 2. The minimum atomic E-state index is -0.358. The molecule has 11 nitrogen and oxygen atoms in total. The summed E-state index contributed by atoms with van der Waals surface area (Å²) in [4.78, 5) is 31.0. The molecule has 2 atom stereocenters. The zero-order valence-corrected chi connectivity index (χ0v) is 25.9. The van der Waals surface area contributed by atoms with Crippen molar-refractivity contribution in [2.75, 3.05) is 53.6 Å². The number of aryl methyl sites for hydroxylation is 1. The van der Waals surface area contributed by atoms with Crippen molar-refractivity contribution < 1.29 is 33.1 Å². The second kappa shape index (κ2) is 14.4. The van der Waals surface area contributed by atoms with Gasteiger partial charge in [-0.1, -0.05) is 0 Å². The van der Waals surface area contributed by atoms with Crippen LogP contribution in [0.2, 0.25) is 0 Å². The first-order valence-electron chi connectivity index (χ1n) is 15.7. The molecule has 1 N–H and O–H groups in total. The minimum absolute atomic E-state index is 0.00948. The Kier molecular flexibility index (Phi) is 10.5. The van der Waals surface area contributed by atoms with Crippen molar-refractivity contribution in [3.8, 4) is 17.4 Å². The van der Waals surface area contributed by atoms with Gasteiger partial charge in [-0.15, -0.1) is 0 Å². The van der Waals surface area contributed by atoms with Crippen molar-refractivity contribution in [3.63, 3.8) is 0 Å². The van der Waals surface area contributed by atoms with E-state index in [0.717, 1.165) is 69.4 Å². The SMILES string of the molecule is COCCCOc1cc(C(=O)N(C[C@@H]2CNC[C@H]2CN(C(=O)Oc2noc3c2CCCC3)C2CC2)C(C)C)ccc1OC. The van der Waals surface area contributed by atoms with Gasteiger partial charge in [-0.3, -0.25) is 4.79 Å². The lowest BCUT2D eigenvalue weighted by molar-refractivity contribution is 0.0647. The Morgan fingerprint density at radius 3 is 2.53 bits per heavy atom. The molecule has 2 aromatic rings. The molecule has 3 aliphatic rings. The Morgan fingerprint density at radius 1 is 1.05 bits per heavy atom. The average Bonchev–Trinajstić information content (AvgIpc) is 3.63. The molecular formula is C32H46N4O7. The number of rotatable bonds is 14. The lowest BCUT2D eigenvalue weighted by atomic mass is 9.94. The van der Waals surface area contributed by atoms with Gasteiger partial charge in [0.2, 0.25) is 0 Å². The van der Waals surface area contributed by atoms with E-state index in [9.17, 15) is 9.59 Å². The lowest BCUT2D eigenvalue weighted by Crippen LogP contribution is -2.45. The molecule has 1 aromatic carbocycles. The Balaban J connectivity index is 1.24. The van der Waals surface area contributed by atoms with Gasteiger partial charge in [0.1, 0.15) is 5.76 Å². The Labute approximate surface area is 254 Å². The molecule has 1 aliphatic heterocycles. The smallest absolute Gasteiger partial charge is 0.416 e. The van der Waals surface area contributed by atoms with Crippen molar-refractivity contribution in [2.24, 2.45) is 11.8 Å². The maximum absolute atomic E-state index is 13.8. The molecule has 1 saturated heterocycles. The van der Waals surface area contributed by atoms with Gasteiger partial charge in [0.15, 0.2) is 11.5 Å². The van der Waals surface area contributed by atoms with Crippen molar-refractivity contribution in [3.05, 3.63) is 35.1 Å². The van der Waals surface area contributed by atoms with Crippen LogP contribution in [0.5, 0.6) is 17.4 Å². The van der Waals surface area contributed by atoms with Crippen LogP contribution in [0.4, 0.5) is 4.79 Å². The number of nitrogens with one attached hydrogen (secondary N) is 1. The number of methoxy groups -OCH3 is 2. The average molecular weight is 599 g/mol. The summed E-state index contributed by atoms with van der Waals surface area (Å²) in [5.41, 5.74) is 1.49. The monoisotopic (exact) mass is 598 g/mol. The molecule has 1 aromatic heterocycles. The van der Waals surface area contributed by atoms with E-state index in [0.29, 0.717) is 49.2 Å². The third-order valence-corrected chi connectivity index (χ3v) is 8.71. The molecule has 2 amide bonds. The van der Waals surface area contributed by atoms with E-state index in [-0.39, 0.29) is 35.9 Å². The predicted octanol–water partition coefficient (Wildman–Crippen LogP) is 4.33. The summed E-state index contributed by atoms with van der Waals surface area (Å²) in [6.07, 6.45) is 6.10. The number of fused-ring (bicyclic) bond motifs is 1. The molecule has 1 saturated carbocycles. The second-order valence-electron chi connectivity index (χ2n) is 12.1. The number of nitrogens with zero attached hydrogens (tertiary/aromatic N) is 3. The van der Waals surface area contributed by atoms with Gasteiger partial charge >= 0.3 is 6.09 Å². The number of ether oxygens (including phenoxy) is 4. The van der Waals surface area contributed by atoms with Crippen LogP contribution in [0.15, 0.2) is 22.7 Å². The fourth-order valence-electron chi connectivity index (χ4n) is 6.06. The third-order valence-electron chi connectivity index (χ3n) is 8.71. The van der Waals surface area contributed by atoms with Crippen molar-refractivity contribution in [2.45, 2.75) is 70.9 Å². The van der Waals surface area contributed by atoms with Crippen LogP contribution in [-0.2, 0) is 17.6 Å². The number of hydrogen-bond donors (Lipinski definition) is 1.